The number of carbonyl (C=O) groups excluding carboxylic acids is 2. The van der Waals surface area contributed by atoms with Gasteiger partial charge in [0.1, 0.15) is 11.3 Å². The van der Waals surface area contributed by atoms with Gasteiger partial charge in [0, 0.05) is 23.7 Å². The van der Waals surface area contributed by atoms with Crippen LogP contribution in [0.25, 0.3) is 11.0 Å². The van der Waals surface area contributed by atoms with Gasteiger partial charge in [-0.2, -0.15) is 0 Å². The fourth-order valence-electron chi connectivity index (χ4n) is 2.74. The van der Waals surface area contributed by atoms with E-state index in [1.165, 1.54) is 6.07 Å². The molecule has 0 saturated heterocycles. The number of benzene rings is 2. The van der Waals surface area contributed by atoms with Crippen LogP contribution in [-0.2, 0) is 9.59 Å². The van der Waals surface area contributed by atoms with E-state index in [1.54, 1.807) is 0 Å². The molecule has 6 nitrogen and oxygen atoms in total. The predicted molar refractivity (Wildman–Crippen MR) is 101 cm³/mol. The van der Waals surface area contributed by atoms with Crippen molar-refractivity contribution in [1.29, 1.82) is 0 Å². The normalized spacial score (nSPS) is 12.2. The lowest BCUT2D eigenvalue weighted by Gasteiger charge is -2.22. The van der Waals surface area contributed by atoms with Crippen LogP contribution in [0, 0.1) is 11.6 Å². The van der Waals surface area contributed by atoms with E-state index < -0.39 is 23.4 Å². The van der Waals surface area contributed by atoms with Gasteiger partial charge in [-0.1, -0.05) is 18.2 Å². The van der Waals surface area contributed by atoms with Gasteiger partial charge < -0.3 is 15.1 Å². The fraction of sp³-hybridized carbons (Fsp3) is 0.200. The summed E-state index contributed by atoms with van der Waals surface area (Å²) >= 11 is 0. The Hall–Kier alpha value is -3.26. The first kappa shape index (κ1) is 19.5. The highest BCUT2D eigenvalue weighted by molar-refractivity contribution is 6.39. The third-order valence-electron chi connectivity index (χ3n) is 4.24. The van der Waals surface area contributed by atoms with Crippen LogP contribution in [0.3, 0.4) is 0 Å². The van der Waals surface area contributed by atoms with Crippen LogP contribution in [0.1, 0.15) is 11.8 Å². The number of likely N-dealkylation sites (N-methyl/N-ethyl adjacent to an activating group) is 1. The summed E-state index contributed by atoms with van der Waals surface area (Å²) in [5.74, 6) is -3.38. The van der Waals surface area contributed by atoms with Gasteiger partial charge in [-0.3, -0.25) is 14.5 Å². The monoisotopic (exact) mass is 387 g/mol. The lowest BCUT2D eigenvalue weighted by atomic mass is 10.2. The van der Waals surface area contributed by atoms with Crippen molar-refractivity contribution in [1.82, 2.24) is 10.2 Å². The molecule has 0 bridgehead atoms. The molecule has 1 heterocycles. The minimum absolute atomic E-state index is 0.0134. The van der Waals surface area contributed by atoms with Gasteiger partial charge in [-0.25, -0.2) is 8.78 Å². The second-order valence-corrected chi connectivity index (χ2v) is 6.46. The second kappa shape index (κ2) is 8.18. The number of hydrogen-bond acceptors (Lipinski definition) is 4. The summed E-state index contributed by atoms with van der Waals surface area (Å²) < 4.78 is 32.0. The predicted octanol–water partition coefficient (Wildman–Crippen LogP) is 3.07. The van der Waals surface area contributed by atoms with Crippen molar-refractivity contribution in [3.63, 3.8) is 0 Å². The van der Waals surface area contributed by atoms with Gasteiger partial charge in [0.25, 0.3) is 0 Å². The van der Waals surface area contributed by atoms with Gasteiger partial charge >= 0.3 is 11.8 Å². The zero-order valence-electron chi connectivity index (χ0n) is 15.3. The standard InChI is InChI=1S/C20H19F2N3O3/c1-25(2)16(18-9-12-5-3-4-6-17(12)28-18)11-23-19(26)20(27)24-13-7-8-14(21)15(22)10-13/h3-10,16H,11H2,1-2H3,(H,23,26)(H,24,27)/t16-/m1/s1. The molecule has 0 saturated carbocycles. The summed E-state index contributed by atoms with van der Waals surface area (Å²) in [6, 6.07) is 12.0. The van der Waals surface area contributed by atoms with Crippen LogP contribution in [0.2, 0.25) is 0 Å². The molecule has 3 aromatic rings. The Bertz CT molecular complexity index is 984. The molecule has 0 aliphatic heterocycles. The topological polar surface area (TPSA) is 74.6 Å². The van der Waals surface area contributed by atoms with Crippen LogP contribution in [0.5, 0.6) is 0 Å². The molecule has 1 aromatic heterocycles. The van der Waals surface area contributed by atoms with Gasteiger partial charge in [0.05, 0.1) is 6.04 Å². The highest BCUT2D eigenvalue weighted by atomic mass is 19.2. The van der Waals surface area contributed by atoms with Gasteiger partial charge in [-0.15, -0.1) is 0 Å². The summed E-state index contributed by atoms with van der Waals surface area (Å²) in [6.07, 6.45) is 0. The van der Waals surface area contributed by atoms with Crippen LogP contribution in [0.15, 0.2) is 52.9 Å². The van der Waals surface area contributed by atoms with Gasteiger partial charge in [0.2, 0.25) is 0 Å². The van der Waals surface area contributed by atoms with Crippen molar-refractivity contribution >= 4 is 28.5 Å². The molecule has 2 N–H and O–H groups in total. The van der Waals surface area contributed by atoms with E-state index in [0.29, 0.717) is 5.76 Å². The zero-order chi connectivity index (χ0) is 20.3. The quantitative estimate of drug-likeness (QED) is 0.660. The number of carbonyl (C=O) groups is 2. The fourth-order valence-corrected chi connectivity index (χ4v) is 2.74. The maximum absolute atomic E-state index is 13.2. The van der Waals surface area contributed by atoms with Crippen molar-refractivity contribution in [3.05, 3.63) is 65.9 Å². The average Bonchev–Trinajstić information content (AvgIpc) is 3.08. The lowest BCUT2D eigenvalue weighted by Crippen LogP contribution is -2.40. The number of nitrogens with zero attached hydrogens (tertiary/aromatic N) is 1. The van der Waals surface area contributed by atoms with Crippen molar-refractivity contribution in [3.8, 4) is 0 Å². The number of hydrogen-bond donors (Lipinski definition) is 2. The first-order valence-corrected chi connectivity index (χ1v) is 8.54. The van der Waals surface area contributed by atoms with Crippen LogP contribution in [0.4, 0.5) is 14.5 Å². The largest absolute Gasteiger partial charge is 0.459 e. The average molecular weight is 387 g/mol. The molecular weight excluding hydrogens is 368 g/mol. The first-order valence-electron chi connectivity index (χ1n) is 8.54. The molecule has 8 heteroatoms. The SMILES string of the molecule is CN(C)[C@H](CNC(=O)C(=O)Nc1ccc(F)c(F)c1)c1cc2ccccc2o1. The highest BCUT2D eigenvalue weighted by Gasteiger charge is 2.22. The lowest BCUT2D eigenvalue weighted by molar-refractivity contribution is -0.136. The number of furan rings is 1. The van der Waals surface area contributed by atoms with Crippen molar-refractivity contribution < 1.29 is 22.8 Å². The van der Waals surface area contributed by atoms with Gasteiger partial charge in [-0.05, 0) is 38.4 Å². The molecule has 0 unspecified atom stereocenters. The van der Waals surface area contributed by atoms with Crippen LogP contribution < -0.4 is 10.6 Å². The Morgan fingerprint density at radius 2 is 1.79 bits per heavy atom. The molecule has 1 atom stereocenters. The van der Waals surface area contributed by atoms with E-state index in [2.05, 4.69) is 10.6 Å². The van der Waals surface area contributed by atoms with Crippen molar-refractivity contribution in [2.24, 2.45) is 0 Å². The zero-order valence-corrected chi connectivity index (χ0v) is 15.3. The Labute approximate surface area is 160 Å². The van der Waals surface area contributed by atoms with E-state index in [-0.39, 0.29) is 18.3 Å². The third-order valence-corrected chi connectivity index (χ3v) is 4.24. The number of para-hydroxylation sites is 1. The van der Waals surface area contributed by atoms with E-state index in [9.17, 15) is 18.4 Å². The van der Waals surface area contributed by atoms with E-state index in [4.69, 9.17) is 4.42 Å². The molecular formula is C20H19F2N3O3. The third kappa shape index (κ3) is 4.34. The number of amides is 2. The minimum atomic E-state index is -1.12. The number of nitrogens with one attached hydrogen (secondary N) is 2. The molecule has 3 rings (SSSR count). The summed E-state index contributed by atoms with van der Waals surface area (Å²) in [5, 5.41) is 5.70. The summed E-state index contributed by atoms with van der Waals surface area (Å²) in [5.41, 5.74) is 0.715. The molecule has 0 fully saturated rings. The second-order valence-electron chi connectivity index (χ2n) is 6.46. The summed E-state index contributed by atoms with van der Waals surface area (Å²) in [7, 11) is 3.65. The number of fused-ring (bicyclic) bond motifs is 1. The smallest absolute Gasteiger partial charge is 0.313 e. The molecule has 2 aromatic carbocycles. The maximum Gasteiger partial charge on any atom is 0.313 e. The minimum Gasteiger partial charge on any atom is -0.459 e. The molecule has 0 aliphatic carbocycles. The molecule has 0 spiro atoms. The van der Waals surface area contributed by atoms with E-state index in [1.807, 2.05) is 49.3 Å². The van der Waals surface area contributed by atoms with E-state index >= 15 is 0 Å². The van der Waals surface area contributed by atoms with E-state index in [0.717, 1.165) is 23.1 Å². The Balaban J connectivity index is 1.64. The van der Waals surface area contributed by atoms with Gasteiger partial charge in [0.15, 0.2) is 11.6 Å². The molecule has 0 radical (unpaired) electrons. The highest BCUT2D eigenvalue weighted by Crippen LogP contribution is 2.26. The number of rotatable bonds is 5. The van der Waals surface area contributed by atoms with Crippen LogP contribution in [-0.4, -0.2) is 37.4 Å². The van der Waals surface area contributed by atoms with Crippen molar-refractivity contribution in [2.45, 2.75) is 6.04 Å². The van der Waals surface area contributed by atoms with Crippen molar-refractivity contribution in [2.75, 3.05) is 26.0 Å². The first-order chi connectivity index (χ1) is 13.3. The van der Waals surface area contributed by atoms with Crippen LogP contribution >= 0.6 is 0 Å². The Morgan fingerprint density at radius 1 is 1.04 bits per heavy atom. The number of halogens is 2. The Kier molecular flexibility index (Phi) is 5.70. The Morgan fingerprint density at radius 3 is 2.46 bits per heavy atom. The maximum atomic E-state index is 13.2. The summed E-state index contributed by atoms with van der Waals surface area (Å²) in [4.78, 5) is 25.9. The molecule has 2 amide bonds. The molecule has 0 aliphatic rings. The molecule has 146 valence electrons. The number of anilines is 1. The summed E-state index contributed by atoms with van der Waals surface area (Å²) in [6.45, 7) is 0.122. The molecule has 28 heavy (non-hydrogen) atoms.